The average Bonchev–Trinajstić information content (AvgIpc) is 3.42. The number of nitrogens with one attached hydrogen (secondary N) is 4. The second-order valence-electron chi connectivity index (χ2n) is 8.77. The van der Waals surface area contributed by atoms with E-state index in [1.165, 1.54) is 0 Å². The predicted molar refractivity (Wildman–Crippen MR) is 111 cm³/mol. The Labute approximate surface area is 177 Å². The number of hydrogen-bond acceptors (Lipinski definition) is 7. The van der Waals surface area contributed by atoms with Crippen LogP contribution in [-0.2, 0) is 16.0 Å². The van der Waals surface area contributed by atoms with E-state index in [0.717, 1.165) is 32.1 Å². The normalized spacial score (nSPS) is 27.2. The van der Waals surface area contributed by atoms with Crippen LogP contribution in [0.3, 0.4) is 0 Å². The van der Waals surface area contributed by atoms with Gasteiger partial charge in [0.15, 0.2) is 0 Å². The van der Waals surface area contributed by atoms with Crippen LogP contribution >= 0.6 is 0 Å². The maximum atomic E-state index is 12.3. The topological polar surface area (TPSA) is 122 Å². The summed E-state index contributed by atoms with van der Waals surface area (Å²) in [6.45, 7) is 8.03. The summed E-state index contributed by atoms with van der Waals surface area (Å²) >= 11 is 0. The predicted octanol–water partition coefficient (Wildman–Crippen LogP) is 1.40. The molecular formula is C20H35N7O3. The Morgan fingerprint density at radius 1 is 1.27 bits per heavy atom. The van der Waals surface area contributed by atoms with Crippen LogP contribution in [0.1, 0.15) is 71.5 Å². The largest absolute Gasteiger partial charge is 0.446 e. The Hall–Kier alpha value is -2.20. The van der Waals surface area contributed by atoms with Gasteiger partial charge in [0.25, 0.3) is 0 Å². The Kier molecular flexibility index (Phi) is 7.65. The van der Waals surface area contributed by atoms with Crippen molar-refractivity contribution in [2.75, 3.05) is 0 Å². The molecule has 0 bridgehead atoms. The van der Waals surface area contributed by atoms with Gasteiger partial charge in [0.1, 0.15) is 6.10 Å². The molecule has 2 heterocycles. The van der Waals surface area contributed by atoms with Gasteiger partial charge >= 0.3 is 6.09 Å². The number of nitrogens with zero attached hydrogens (tertiary/aromatic N) is 3. The first kappa shape index (κ1) is 22.5. The van der Waals surface area contributed by atoms with Gasteiger partial charge in [0.2, 0.25) is 5.91 Å². The molecule has 5 atom stereocenters. The van der Waals surface area contributed by atoms with E-state index < -0.39 is 0 Å². The molecule has 2 aliphatic rings. The summed E-state index contributed by atoms with van der Waals surface area (Å²) in [5.41, 5.74) is 7.13. The minimum atomic E-state index is -0.327. The molecule has 2 unspecified atom stereocenters. The van der Waals surface area contributed by atoms with Gasteiger partial charge in [-0.1, -0.05) is 12.1 Å². The number of carbonyl (C=O) groups excluding carboxylic acids is 2. The Morgan fingerprint density at radius 2 is 2.07 bits per heavy atom. The SMILES string of the molecule is CC[C@H](C)NC(=O)O[C@@H]1CC[C@H](C2CC(NC(=O)Cc3cn(C(C)C)nn3)NN2)C1. The van der Waals surface area contributed by atoms with Crippen molar-refractivity contribution in [3.8, 4) is 0 Å². The van der Waals surface area contributed by atoms with Crippen molar-refractivity contribution in [1.82, 2.24) is 36.5 Å². The van der Waals surface area contributed by atoms with E-state index in [1.54, 1.807) is 4.68 Å². The summed E-state index contributed by atoms with van der Waals surface area (Å²) in [4.78, 5) is 24.3. The molecular weight excluding hydrogens is 386 g/mol. The van der Waals surface area contributed by atoms with Crippen LogP contribution in [0.4, 0.5) is 4.79 Å². The van der Waals surface area contributed by atoms with E-state index in [-0.39, 0.29) is 48.8 Å². The maximum absolute atomic E-state index is 12.3. The molecule has 4 N–H and O–H groups in total. The summed E-state index contributed by atoms with van der Waals surface area (Å²) in [7, 11) is 0. The van der Waals surface area contributed by atoms with Crippen LogP contribution in [0, 0.1) is 5.92 Å². The monoisotopic (exact) mass is 421 g/mol. The lowest BCUT2D eigenvalue weighted by atomic mass is 9.96. The molecule has 30 heavy (non-hydrogen) atoms. The number of aromatic nitrogens is 3. The molecule has 1 aliphatic heterocycles. The van der Waals surface area contributed by atoms with Gasteiger partial charge in [0, 0.05) is 24.3 Å². The first-order valence-electron chi connectivity index (χ1n) is 11.0. The zero-order valence-corrected chi connectivity index (χ0v) is 18.4. The third-order valence-corrected chi connectivity index (χ3v) is 5.94. The van der Waals surface area contributed by atoms with Crippen LogP contribution in [0.2, 0.25) is 0 Å². The van der Waals surface area contributed by atoms with Crippen LogP contribution in [0.5, 0.6) is 0 Å². The number of alkyl carbamates (subject to hydrolysis) is 1. The molecule has 0 radical (unpaired) electrons. The van der Waals surface area contributed by atoms with Crippen LogP contribution in [0.25, 0.3) is 0 Å². The molecule has 2 amide bonds. The van der Waals surface area contributed by atoms with E-state index in [1.807, 2.05) is 33.9 Å². The van der Waals surface area contributed by atoms with Crippen LogP contribution < -0.4 is 21.5 Å². The molecule has 2 fully saturated rings. The summed E-state index contributed by atoms with van der Waals surface area (Å²) in [6.07, 6.45) is 5.90. The van der Waals surface area contributed by atoms with Crippen molar-refractivity contribution >= 4 is 12.0 Å². The molecule has 3 rings (SSSR count). The highest BCUT2D eigenvalue weighted by molar-refractivity contribution is 5.78. The van der Waals surface area contributed by atoms with Gasteiger partial charge in [-0.3, -0.25) is 10.2 Å². The molecule has 1 saturated heterocycles. The zero-order chi connectivity index (χ0) is 21.7. The molecule has 0 spiro atoms. The van der Waals surface area contributed by atoms with Crippen LogP contribution in [0.15, 0.2) is 6.20 Å². The number of ether oxygens (including phenoxy) is 1. The van der Waals surface area contributed by atoms with E-state index in [2.05, 4.69) is 31.8 Å². The first-order chi connectivity index (χ1) is 14.3. The zero-order valence-electron chi connectivity index (χ0n) is 18.4. The molecule has 1 aromatic heterocycles. The van der Waals surface area contributed by atoms with Crippen molar-refractivity contribution in [3.05, 3.63) is 11.9 Å². The molecule has 0 aromatic carbocycles. The smallest absolute Gasteiger partial charge is 0.407 e. The Balaban J connectivity index is 1.39. The standard InChI is InChI=1S/C20H35N7O3/c1-5-13(4)21-20(29)30-16-7-6-14(8-16)17-10-18(25-24-17)22-19(28)9-15-11-27(12(2)3)26-23-15/h11-14,16-18,24-25H,5-10H2,1-4H3,(H,21,29)(H,22,28)/t13-,14-,16+,17?,18?/m0/s1. The minimum absolute atomic E-state index is 0.0435. The Morgan fingerprint density at radius 3 is 2.77 bits per heavy atom. The number of hydrazine groups is 1. The number of amides is 2. The van der Waals surface area contributed by atoms with Gasteiger partial charge in [-0.25, -0.2) is 14.9 Å². The van der Waals surface area contributed by atoms with Gasteiger partial charge in [0.05, 0.1) is 18.3 Å². The second-order valence-corrected chi connectivity index (χ2v) is 8.77. The second kappa shape index (κ2) is 10.2. The number of hydrogen-bond donors (Lipinski definition) is 4. The quantitative estimate of drug-likeness (QED) is 0.500. The molecule has 10 heteroatoms. The van der Waals surface area contributed by atoms with E-state index in [4.69, 9.17) is 4.74 Å². The average molecular weight is 422 g/mol. The fraction of sp³-hybridized carbons (Fsp3) is 0.800. The number of rotatable bonds is 8. The first-order valence-corrected chi connectivity index (χ1v) is 11.0. The fourth-order valence-electron chi connectivity index (χ4n) is 3.98. The summed E-state index contributed by atoms with van der Waals surface area (Å²) in [6, 6.07) is 0.578. The lowest BCUT2D eigenvalue weighted by Crippen LogP contribution is -2.45. The lowest BCUT2D eigenvalue weighted by Gasteiger charge is -2.19. The highest BCUT2D eigenvalue weighted by Crippen LogP contribution is 2.32. The fourth-order valence-corrected chi connectivity index (χ4v) is 3.98. The molecule has 1 aliphatic carbocycles. The molecule has 1 saturated carbocycles. The van der Waals surface area contributed by atoms with Crippen molar-refractivity contribution in [2.45, 2.75) is 96.6 Å². The van der Waals surface area contributed by atoms with Crippen molar-refractivity contribution < 1.29 is 14.3 Å². The van der Waals surface area contributed by atoms with E-state index >= 15 is 0 Å². The lowest BCUT2D eigenvalue weighted by molar-refractivity contribution is -0.121. The van der Waals surface area contributed by atoms with Crippen molar-refractivity contribution in [3.63, 3.8) is 0 Å². The van der Waals surface area contributed by atoms with Crippen molar-refractivity contribution in [1.29, 1.82) is 0 Å². The third-order valence-electron chi connectivity index (χ3n) is 5.94. The van der Waals surface area contributed by atoms with E-state index in [0.29, 0.717) is 11.6 Å². The highest BCUT2D eigenvalue weighted by atomic mass is 16.6. The highest BCUT2D eigenvalue weighted by Gasteiger charge is 2.37. The summed E-state index contributed by atoms with van der Waals surface area (Å²) in [5, 5.41) is 13.9. The van der Waals surface area contributed by atoms with Gasteiger partial charge in [-0.15, -0.1) is 5.10 Å². The van der Waals surface area contributed by atoms with Gasteiger partial charge in [-0.2, -0.15) is 0 Å². The van der Waals surface area contributed by atoms with E-state index in [9.17, 15) is 9.59 Å². The minimum Gasteiger partial charge on any atom is -0.446 e. The summed E-state index contributed by atoms with van der Waals surface area (Å²) < 4.78 is 7.31. The van der Waals surface area contributed by atoms with Gasteiger partial charge < -0.3 is 15.4 Å². The van der Waals surface area contributed by atoms with Crippen molar-refractivity contribution in [2.24, 2.45) is 5.92 Å². The van der Waals surface area contributed by atoms with Crippen LogP contribution in [-0.4, -0.2) is 51.3 Å². The molecule has 168 valence electrons. The Bertz CT molecular complexity index is 723. The maximum Gasteiger partial charge on any atom is 0.407 e. The summed E-state index contributed by atoms with van der Waals surface area (Å²) in [5.74, 6) is 0.326. The number of carbonyl (C=O) groups is 2. The van der Waals surface area contributed by atoms with Gasteiger partial charge in [-0.05, 0) is 58.8 Å². The molecule has 1 aromatic rings. The third kappa shape index (κ3) is 6.15. The molecule has 10 nitrogen and oxygen atoms in total.